The Hall–Kier alpha value is -0.820. The zero-order valence-corrected chi connectivity index (χ0v) is 6.17. The molecule has 0 radical (unpaired) electrons. The third kappa shape index (κ3) is 1.30. The number of rotatable bonds is 1. The fourth-order valence-corrected chi connectivity index (χ4v) is 0.767. The van der Waals surface area contributed by atoms with Gasteiger partial charge in [-0.3, -0.25) is 4.68 Å². The van der Waals surface area contributed by atoms with Crippen LogP contribution in [0.5, 0.6) is 0 Å². The molecule has 1 rings (SSSR count). The maximum Gasteiger partial charge on any atom is 0.162 e. The van der Waals surface area contributed by atoms with Crippen molar-refractivity contribution in [2.45, 2.75) is 5.45 Å². The zero-order valence-electron chi connectivity index (χ0n) is 4.58. The largest absolute Gasteiger partial charge is 0.261 e. The molecule has 0 aliphatic heterocycles. The van der Waals surface area contributed by atoms with E-state index in [-0.39, 0.29) is 0 Å². The van der Waals surface area contributed by atoms with E-state index in [1.165, 1.54) is 0 Å². The first-order valence-electron chi connectivity index (χ1n) is 2.36. The summed E-state index contributed by atoms with van der Waals surface area (Å²) < 4.78 is 1.64. The van der Waals surface area contributed by atoms with Crippen LogP contribution in [0.1, 0.15) is 5.69 Å². The highest BCUT2D eigenvalue weighted by Crippen LogP contribution is 1.94. The topological polar surface area (TPSA) is 41.6 Å². The highest BCUT2D eigenvalue weighted by molar-refractivity contribution is 9.08. The predicted octanol–water partition coefficient (Wildman–Crippen LogP) is 1.11. The molecule has 0 unspecified atom stereocenters. The summed E-state index contributed by atoms with van der Waals surface area (Å²) in [6.45, 7) is 0. The maximum absolute atomic E-state index is 8.31. The van der Waals surface area contributed by atoms with Crippen LogP contribution in [0.15, 0.2) is 12.3 Å². The van der Waals surface area contributed by atoms with E-state index in [2.05, 4.69) is 21.0 Å². The van der Waals surface area contributed by atoms with Gasteiger partial charge in [0.05, 0.1) is 5.45 Å². The number of halogens is 1. The molecule has 0 amide bonds. The first-order valence-corrected chi connectivity index (χ1v) is 3.48. The molecule has 1 aromatic rings. The van der Waals surface area contributed by atoms with E-state index < -0.39 is 0 Å². The molecule has 0 aromatic carbocycles. The summed E-state index contributed by atoms with van der Waals surface area (Å²) in [4.78, 5) is 0. The molecule has 0 N–H and O–H groups in total. The lowest BCUT2D eigenvalue weighted by molar-refractivity contribution is 0.754. The van der Waals surface area contributed by atoms with E-state index in [1.54, 1.807) is 16.9 Å². The van der Waals surface area contributed by atoms with Gasteiger partial charge in [0.2, 0.25) is 0 Å². The van der Waals surface area contributed by atoms with Gasteiger partial charge >= 0.3 is 0 Å². The first kappa shape index (κ1) is 6.30. The van der Waals surface area contributed by atoms with Gasteiger partial charge in [0.1, 0.15) is 6.07 Å². The molecule has 0 fully saturated rings. The summed E-state index contributed by atoms with van der Waals surface area (Å²) in [6.07, 6.45) is 1.74. The van der Waals surface area contributed by atoms with Crippen LogP contribution in [-0.2, 0) is 5.45 Å². The van der Waals surface area contributed by atoms with Crippen LogP contribution < -0.4 is 0 Å². The van der Waals surface area contributed by atoms with E-state index in [9.17, 15) is 0 Å². The molecule has 0 saturated heterocycles. The monoisotopic (exact) mass is 185 g/mol. The summed E-state index contributed by atoms with van der Waals surface area (Å²) in [5.74, 6) is 0. The maximum atomic E-state index is 8.31. The van der Waals surface area contributed by atoms with Gasteiger partial charge in [-0.15, -0.1) is 0 Å². The average molecular weight is 186 g/mol. The van der Waals surface area contributed by atoms with Gasteiger partial charge in [-0.1, -0.05) is 15.9 Å². The van der Waals surface area contributed by atoms with Crippen LogP contribution in [0.4, 0.5) is 0 Å². The average Bonchev–Trinajstić information content (AvgIpc) is 2.34. The molecule has 0 saturated carbocycles. The van der Waals surface area contributed by atoms with E-state index >= 15 is 0 Å². The lowest BCUT2D eigenvalue weighted by Crippen LogP contribution is -1.91. The highest BCUT2D eigenvalue weighted by atomic mass is 79.9. The molecular weight excluding hydrogens is 182 g/mol. The summed E-state index contributed by atoms with van der Waals surface area (Å²) in [5.41, 5.74) is 1.09. The third-order valence-corrected chi connectivity index (χ3v) is 1.39. The van der Waals surface area contributed by atoms with Crippen molar-refractivity contribution in [3.8, 4) is 6.07 Å². The third-order valence-electron chi connectivity index (χ3n) is 0.878. The number of hydrogen-bond donors (Lipinski definition) is 0. The van der Waals surface area contributed by atoms with Crippen molar-refractivity contribution in [2.75, 3.05) is 0 Å². The van der Waals surface area contributed by atoms with Crippen LogP contribution in [0.25, 0.3) is 0 Å². The van der Waals surface area contributed by atoms with Crippen molar-refractivity contribution in [2.24, 2.45) is 0 Å². The smallest absolute Gasteiger partial charge is 0.162 e. The Bertz CT molecular complexity index is 235. The molecule has 0 bridgehead atoms. The molecule has 0 atom stereocenters. The Kier molecular flexibility index (Phi) is 1.85. The second-order valence-corrected chi connectivity index (χ2v) is 1.97. The van der Waals surface area contributed by atoms with E-state index in [0.29, 0.717) is 11.1 Å². The van der Waals surface area contributed by atoms with Gasteiger partial charge in [0.15, 0.2) is 5.69 Å². The molecule has 4 heteroatoms. The van der Waals surface area contributed by atoms with Crippen molar-refractivity contribution in [1.29, 1.82) is 5.26 Å². The SMILES string of the molecule is N#Cc1ccn(CBr)n1. The van der Waals surface area contributed by atoms with Gasteiger partial charge < -0.3 is 0 Å². The summed E-state index contributed by atoms with van der Waals surface area (Å²) >= 11 is 3.19. The molecular formula is C5H4BrN3. The van der Waals surface area contributed by atoms with Crippen molar-refractivity contribution in [3.63, 3.8) is 0 Å². The van der Waals surface area contributed by atoms with E-state index in [4.69, 9.17) is 5.26 Å². The van der Waals surface area contributed by atoms with Crippen LogP contribution in [-0.4, -0.2) is 9.78 Å². The molecule has 46 valence electrons. The lowest BCUT2D eigenvalue weighted by Gasteiger charge is -1.86. The van der Waals surface area contributed by atoms with E-state index in [1.807, 2.05) is 6.07 Å². The standard InChI is InChI=1S/C5H4BrN3/c6-4-9-2-1-5(3-7)8-9/h1-2H,4H2. The molecule has 0 aliphatic rings. The van der Waals surface area contributed by atoms with Crippen molar-refractivity contribution in [1.82, 2.24) is 9.78 Å². The van der Waals surface area contributed by atoms with Gasteiger partial charge in [0, 0.05) is 6.20 Å². The zero-order chi connectivity index (χ0) is 6.69. The Labute approximate surface area is 61.0 Å². The predicted molar refractivity (Wildman–Crippen MR) is 35.9 cm³/mol. The molecule has 9 heavy (non-hydrogen) atoms. The fraction of sp³-hybridized carbons (Fsp3) is 0.200. The van der Waals surface area contributed by atoms with Crippen molar-refractivity contribution < 1.29 is 0 Å². The van der Waals surface area contributed by atoms with Crippen LogP contribution in [0.2, 0.25) is 0 Å². The summed E-state index contributed by atoms with van der Waals surface area (Å²) in [5, 5.41) is 12.2. The summed E-state index contributed by atoms with van der Waals surface area (Å²) in [7, 11) is 0. The van der Waals surface area contributed by atoms with Crippen molar-refractivity contribution >= 4 is 15.9 Å². The number of hydrogen-bond acceptors (Lipinski definition) is 2. The van der Waals surface area contributed by atoms with Gasteiger partial charge in [-0.2, -0.15) is 10.4 Å². The minimum Gasteiger partial charge on any atom is -0.261 e. The number of alkyl halides is 1. The number of nitrogens with zero attached hydrogens (tertiary/aromatic N) is 3. The minimum atomic E-state index is 0.453. The Morgan fingerprint density at radius 3 is 3.00 bits per heavy atom. The van der Waals surface area contributed by atoms with Crippen LogP contribution in [0, 0.1) is 11.3 Å². The minimum absolute atomic E-state index is 0.453. The Balaban J connectivity index is 2.90. The van der Waals surface area contributed by atoms with Crippen molar-refractivity contribution in [3.05, 3.63) is 18.0 Å². The molecule has 1 aromatic heterocycles. The number of aromatic nitrogens is 2. The fourth-order valence-electron chi connectivity index (χ4n) is 0.488. The van der Waals surface area contributed by atoms with E-state index in [0.717, 1.165) is 0 Å². The Morgan fingerprint density at radius 1 is 1.89 bits per heavy atom. The Morgan fingerprint density at radius 2 is 2.67 bits per heavy atom. The highest BCUT2D eigenvalue weighted by Gasteiger charge is 1.92. The van der Waals surface area contributed by atoms with Gasteiger partial charge in [-0.25, -0.2) is 0 Å². The van der Waals surface area contributed by atoms with Crippen LogP contribution >= 0.6 is 15.9 Å². The lowest BCUT2D eigenvalue weighted by atomic mass is 10.5. The molecule has 3 nitrogen and oxygen atoms in total. The summed E-state index contributed by atoms with van der Waals surface area (Å²) in [6, 6.07) is 3.60. The normalized spacial score (nSPS) is 8.89. The van der Waals surface area contributed by atoms with Gasteiger partial charge in [0.25, 0.3) is 0 Å². The second kappa shape index (κ2) is 2.65. The quantitative estimate of drug-likeness (QED) is 0.616. The molecule has 0 aliphatic carbocycles. The first-order chi connectivity index (χ1) is 4.36. The molecule has 0 spiro atoms. The second-order valence-electron chi connectivity index (χ2n) is 1.47. The van der Waals surface area contributed by atoms with Gasteiger partial charge in [-0.05, 0) is 6.07 Å². The van der Waals surface area contributed by atoms with Crippen LogP contribution in [0.3, 0.4) is 0 Å². The molecule has 1 heterocycles. The number of nitriles is 1.